The molecule has 0 radical (unpaired) electrons. The summed E-state index contributed by atoms with van der Waals surface area (Å²) >= 11 is 0. The summed E-state index contributed by atoms with van der Waals surface area (Å²) < 4.78 is 21.0. The van der Waals surface area contributed by atoms with Crippen molar-refractivity contribution in [2.75, 3.05) is 41.1 Å². The minimum atomic E-state index is -0.691. The fourth-order valence-electron chi connectivity index (χ4n) is 3.72. The van der Waals surface area contributed by atoms with Crippen LogP contribution < -0.4 is 15.0 Å². The molecule has 2 N–H and O–H groups in total. The van der Waals surface area contributed by atoms with Gasteiger partial charge in [0.15, 0.2) is 0 Å². The Labute approximate surface area is 180 Å². The van der Waals surface area contributed by atoms with Crippen molar-refractivity contribution in [2.24, 2.45) is 5.73 Å². The largest absolute Gasteiger partial charge is 0.489 e. The Morgan fingerprint density at radius 1 is 1.29 bits per heavy atom. The summed E-state index contributed by atoms with van der Waals surface area (Å²) in [7, 11) is 4.58. The van der Waals surface area contributed by atoms with Gasteiger partial charge in [-0.1, -0.05) is 0 Å². The molecule has 0 fully saturated rings. The van der Waals surface area contributed by atoms with Gasteiger partial charge in [-0.05, 0) is 18.6 Å². The van der Waals surface area contributed by atoms with Gasteiger partial charge in [0.25, 0.3) is 0 Å². The van der Waals surface area contributed by atoms with Crippen molar-refractivity contribution in [3.8, 4) is 11.8 Å². The first-order valence-electron chi connectivity index (χ1n) is 9.78. The van der Waals surface area contributed by atoms with Crippen LogP contribution in [0.15, 0.2) is 24.4 Å². The zero-order chi connectivity index (χ0) is 22.4. The van der Waals surface area contributed by atoms with Crippen LogP contribution in [0, 0.1) is 11.3 Å². The lowest BCUT2D eigenvalue weighted by molar-refractivity contribution is -0.108. The van der Waals surface area contributed by atoms with Gasteiger partial charge in [0.1, 0.15) is 36.2 Å². The number of urea groups is 1. The summed E-state index contributed by atoms with van der Waals surface area (Å²) in [6, 6.07) is 6.71. The molecule has 3 heterocycles. The highest BCUT2D eigenvalue weighted by molar-refractivity contribution is 5.92. The zero-order valence-corrected chi connectivity index (χ0v) is 17.8. The van der Waals surface area contributed by atoms with Crippen LogP contribution in [0.2, 0.25) is 0 Å². The summed E-state index contributed by atoms with van der Waals surface area (Å²) in [5.74, 6) is 1.10. The molecule has 31 heavy (non-hydrogen) atoms. The number of methoxy groups -OCH3 is 3. The van der Waals surface area contributed by atoms with Gasteiger partial charge < -0.3 is 24.7 Å². The van der Waals surface area contributed by atoms with Gasteiger partial charge in [-0.3, -0.25) is 0 Å². The van der Waals surface area contributed by atoms with Crippen molar-refractivity contribution < 1.29 is 23.7 Å². The van der Waals surface area contributed by atoms with Crippen LogP contribution >= 0.6 is 0 Å². The third kappa shape index (κ3) is 4.22. The molecule has 10 nitrogen and oxygen atoms in total. The van der Waals surface area contributed by atoms with E-state index in [1.807, 2.05) is 12.1 Å². The molecule has 10 heteroatoms. The second-order valence-electron chi connectivity index (χ2n) is 6.99. The Morgan fingerprint density at radius 3 is 2.71 bits per heavy atom. The molecular formula is C21H26N5O5+. The number of nitriles is 1. The van der Waals surface area contributed by atoms with Gasteiger partial charge in [0.05, 0.1) is 18.9 Å². The highest BCUT2D eigenvalue weighted by Gasteiger charge is 2.47. The lowest BCUT2D eigenvalue weighted by atomic mass is 10.0. The maximum atomic E-state index is 12.9. The summed E-state index contributed by atoms with van der Waals surface area (Å²) in [4.78, 5) is 22.0. The van der Waals surface area contributed by atoms with Crippen LogP contribution in [0.4, 0.5) is 16.4 Å². The van der Waals surface area contributed by atoms with E-state index in [9.17, 15) is 10.1 Å². The van der Waals surface area contributed by atoms with Crippen LogP contribution in [0.25, 0.3) is 0 Å². The number of primary amides is 1. The van der Waals surface area contributed by atoms with E-state index in [1.54, 1.807) is 13.2 Å². The first-order chi connectivity index (χ1) is 15.0. The third-order valence-electron chi connectivity index (χ3n) is 5.23. The van der Waals surface area contributed by atoms with Gasteiger partial charge in [0, 0.05) is 33.3 Å². The number of hydrogen-bond acceptors (Lipinski definition) is 8. The number of carbonyl (C=O) groups is 1. The molecule has 1 atom stereocenters. The Kier molecular flexibility index (Phi) is 7.14. The van der Waals surface area contributed by atoms with Gasteiger partial charge in [-0.25, -0.2) is 9.78 Å². The van der Waals surface area contributed by atoms with Crippen LogP contribution in [-0.4, -0.2) is 57.1 Å². The molecule has 1 aliphatic heterocycles. The topological polar surface area (TPSA) is 130 Å². The predicted octanol–water partition coefficient (Wildman–Crippen LogP) is 2.33. The Balaban J connectivity index is 2.17. The minimum Gasteiger partial charge on any atom is -0.489 e. The Hall–Kier alpha value is -3.10. The second kappa shape index (κ2) is 9.80. The molecule has 0 spiro atoms. The number of pyridine rings is 2. The first-order valence-corrected chi connectivity index (χ1v) is 9.78. The van der Waals surface area contributed by atoms with E-state index in [0.717, 1.165) is 12.0 Å². The number of aromatic nitrogens is 2. The number of carbonyl (C=O) groups excluding carboxylic acids is 1. The minimum absolute atomic E-state index is 0.244. The highest BCUT2D eigenvalue weighted by Crippen LogP contribution is 2.41. The maximum absolute atomic E-state index is 12.9. The molecule has 0 aromatic carbocycles. The number of rotatable bonds is 8. The van der Waals surface area contributed by atoms with E-state index >= 15 is 0 Å². The normalized spacial score (nSPS) is 17.8. The van der Waals surface area contributed by atoms with Crippen molar-refractivity contribution in [3.63, 3.8) is 0 Å². The van der Waals surface area contributed by atoms with Crippen molar-refractivity contribution in [1.29, 1.82) is 5.26 Å². The molecular weight excluding hydrogens is 402 g/mol. The fraction of sp³-hybridized carbons (Fsp3) is 0.429. The summed E-state index contributed by atoms with van der Waals surface area (Å²) in [5, 5.41) is 9.42. The number of nitrogens with zero attached hydrogens (tertiary/aromatic N) is 4. The summed E-state index contributed by atoms with van der Waals surface area (Å²) in [6.45, 7) is 0.967. The van der Waals surface area contributed by atoms with Gasteiger partial charge in [-0.2, -0.15) is 10.2 Å². The first kappa shape index (κ1) is 22.6. The molecule has 1 unspecified atom stereocenters. The predicted molar refractivity (Wildman–Crippen MR) is 112 cm³/mol. The van der Waals surface area contributed by atoms with Crippen molar-refractivity contribution >= 4 is 17.7 Å². The molecule has 1 aliphatic rings. The Morgan fingerprint density at radius 2 is 2.06 bits per heavy atom. The number of nitrogens with two attached hydrogens (primary N) is 1. The number of hydrogen-bond donors (Lipinski definition) is 1. The molecule has 3 rings (SSSR count). The summed E-state index contributed by atoms with van der Waals surface area (Å²) in [6.07, 6.45) is 2.14. The monoisotopic (exact) mass is 428 g/mol. The molecule has 0 aliphatic carbocycles. The number of ether oxygens (including phenoxy) is 4. The maximum Gasteiger partial charge on any atom is 0.426 e. The number of fused-ring (bicyclic) bond motifs is 1. The molecule has 0 saturated carbocycles. The lowest BCUT2D eigenvalue weighted by Gasteiger charge is -2.35. The van der Waals surface area contributed by atoms with E-state index < -0.39 is 16.8 Å². The standard InChI is InChI=1S/C21H25N5O5/c1-28-9-10-31-17-11-18(24-13-15(17)12-22)26(21(23)27)8-4-5-14-6-7-16(25-19(14)26)20(29-2)30-3/h6-7,11,13,20H,4-5,8-10H2,1-3H3,(H-,23,27)/p+1. The molecule has 2 aromatic heterocycles. The smallest absolute Gasteiger partial charge is 0.426 e. The van der Waals surface area contributed by atoms with Crippen molar-refractivity contribution in [3.05, 3.63) is 41.2 Å². The lowest BCUT2D eigenvalue weighted by Crippen LogP contribution is -2.56. The van der Waals surface area contributed by atoms with Crippen LogP contribution in [0.3, 0.4) is 0 Å². The quantitative estimate of drug-likeness (QED) is 0.385. The van der Waals surface area contributed by atoms with E-state index in [2.05, 4.69) is 11.1 Å². The molecule has 164 valence electrons. The van der Waals surface area contributed by atoms with Crippen LogP contribution in [-0.2, 0) is 20.6 Å². The number of amides is 2. The second-order valence-corrected chi connectivity index (χ2v) is 6.99. The molecule has 0 bridgehead atoms. The average Bonchev–Trinajstić information content (AvgIpc) is 2.79. The van der Waals surface area contributed by atoms with Crippen LogP contribution in [0.1, 0.15) is 29.5 Å². The fourth-order valence-corrected chi connectivity index (χ4v) is 3.72. The molecule has 0 saturated heterocycles. The highest BCUT2D eigenvalue weighted by atomic mass is 16.7. The number of quaternary nitrogens is 1. The Bertz CT molecular complexity index is 989. The molecule has 2 aromatic rings. The van der Waals surface area contributed by atoms with Crippen LogP contribution in [0.5, 0.6) is 5.75 Å². The summed E-state index contributed by atoms with van der Waals surface area (Å²) in [5.41, 5.74) is 7.59. The number of aryl methyl sites for hydroxylation is 1. The van der Waals surface area contributed by atoms with E-state index in [1.165, 1.54) is 20.4 Å². The van der Waals surface area contributed by atoms with E-state index in [0.29, 0.717) is 42.7 Å². The van der Waals surface area contributed by atoms with Gasteiger partial charge in [-0.15, -0.1) is 4.48 Å². The van der Waals surface area contributed by atoms with Gasteiger partial charge >= 0.3 is 6.03 Å². The van der Waals surface area contributed by atoms with E-state index in [-0.39, 0.29) is 12.2 Å². The van der Waals surface area contributed by atoms with Gasteiger partial charge in [0.2, 0.25) is 17.9 Å². The third-order valence-corrected chi connectivity index (χ3v) is 5.23. The average molecular weight is 428 g/mol. The van der Waals surface area contributed by atoms with E-state index in [4.69, 9.17) is 29.7 Å². The van der Waals surface area contributed by atoms with Crippen molar-refractivity contribution in [2.45, 2.75) is 19.1 Å². The zero-order valence-electron chi connectivity index (χ0n) is 17.8. The SMILES string of the molecule is COCCOc1cc([N+]2(C(N)=O)CCCc3ccc(C(OC)OC)nc32)ncc1C#N. The van der Waals surface area contributed by atoms with Crippen molar-refractivity contribution in [1.82, 2.24) is 14.5 Å². The molecule has 2 amide bonds.